The lowest BCUT2D eigenvalue weighted by atomic mass is 10.1. The van der Waals surface area contributed by atoms with E-state index in [1.54, 1.807) is 38.3 Å². The number of thiophene rings is 1. The zero-order valence-electron chi connectivity index (χ0n) is 19.5. The van der Waals surface area contributed by atoms with Gasteiger partial charge in [0.1, 0.15) is 17.3 Å². The Labute approximate surface area is 200 Å². The number of carbonyl (C=O) groups is 1. The van der Waals surface area contributed by atoms with Crippen molar-refractivity contribution >= 4 is 27.5 Å². The number of fused-ring (bicyclic) bond motifs is 1. The maximum absolute atomic E-state index is 13.2. The van der Waals surface area contributed by atoms with E-state index in [0.29, 0.717) is 28.0 Å². The van der Waals surface area contributed by atoms with Crippen molar-refractivity contribution in [2.24, 2.45) is 0 Å². The molecule has 1 aromatic carbocycles. The van der Waals surface area contributed by atoms with Crippen molar-refractivity contribution in [1.29, 1.82) is 0 Å². The molecule has 0 aliphatic carbocycles. The first-order valence-electron chi connectivity index (χ1n) is 10.8. The maximum atomic E-state index is 13.2. The van der Waals surface area contributed by atoms with Crippen molar-refractivity contribution in [3.8, 4) is 17.1 Å². The number of benzene rings is 1. The van der Waals surface area contributed by atoms with E-state index in [0.717, 1.165) is 40.7 Å². The number of aromatic amines is 1. The molecule has 0 saturated carbocycles. The second-order valence-corrected chi connectivity index (χ2v) is 8.93. The molecule has 178 valence electrons. The number of nitrogens with one attached hydrogen (secondary N) is 1. The van der Waals surface area contributed by atoms with Crippen molar-refractivity contribution in [1.82, 2.24) is 25.1 Å². The van der Waals surface area contributed by atoms with E-state index in [-0.39, 0.29) is 18.3 Å². The van der Waals surface area contributed by atoms with Crippen molar-refractivity contribution < 1.29 is 18.7 Å². The minimum Gasteiger partial charge on any atom is -0.480 e. The standard InChI is InChI=1S/C24H26FN5O3S/c1-14-20-22(33-4)26-19(13-32-3)27-23(20)34-21(14)24(31)30(2)11-5-6-17-12-18(29-28-17)15-7-9-16(25)10-8-15/h7-10,12H,5-6,11,13H2,1-4H3,(H,28,29). The normalized spacial score (nSPS) is 11.2. The quantitative estimate of drug-likeness (QED) is 0.380. The van der Waals surface area contributed by atoms with Gasteiger partial charge in [0.15, 0.2) is 5.82 Å². The lowest BCUT2D eigenvalue weighted by Crippen LogP contribution is -2.27. The minimum absolute atomic E-state index is 0.0625. The molecule has 0 spiro atoms. The third kappa shape index (κ3) is 4.92. The number of carbonyl (C=O) groups excluding carboxylic acids is 1. The van der Waals surface area contributed by atoms with Gasteiger partial charge in [0, 0.05) is 32.0 Å². The zero-order valence-corrected chi connectivity index (χ0v) is 20.3. The van der Waals surface area contributed by atoms with E-state index in [9.17, 15) is 9.18 Å². The van der Waals surface area contributed by atoms with Crippen LogP contribution in [0, 0.1) is 12.7 Å². The van der Waals surface area contributed by atoms with Crippen molar-refractivity contribution in [3.63, 3.8) is 0 Å². The second-order valence-electron chi connectivity index (χ2n) is 7.93. The molecule has 0 saturated heterocycles. The summed E-state index contributed by atoms with van der Waals surface area (Å²) in [6.07, 6.45) is 1.50. The molecular formula is C24H26FN5O3S. The number of rotatable bonds is 9. The number of methoxy groups -OCH3 is 2. The fourth-order valence-corrected chi connectivity index (χ4v) is 4.91. The lowest BCUT2D eigenvalue weighted by Gasteiger charge is -2.16. The van der Waals surface area contributed by atoms with E-state index >= 15 is 0 Å². The molecule has 0 bridgehead atoms. The molecular weight excluding hydrogens is 457 g/mol. The van der Waals surface area contributed by atoms with E-state index in [2.05, 4.69) is 20.2 Å². The molecule has 4 rings (SSSR count). The van der Waals surface area contributed by atoms with Gasteiger partial charge >= 0.3 is 0 Å². The third-order valence-electron chi connectivity index (χ3n) is 5.52. The molecule has 8 nitrogen and oxygen atoms in total. The van der Waals surface area contributed by atoms with Crippen LogP contribution < -0.4 is 4.74 Å². The second kappa shape index (κ2) is 10.3. The fraction of sp³-hybridized carbons (Fsp3) is 0.333. The zero-order chi connectivity index (χ0) is 24.2. The SMILES string of the molecule is COCc1nc(OC)c2c(C)c(C(=O)N(C)CCCc3cc(-c4ccc(F)cc4)n[nH]3)sc2n1. The summed E-state index contributed by atoms with van der Waals surface area (Å²) in [6, 6.07) is 8.19. The van der Waals surface area contributed by atoms with E-state index in [1.807, 2.05) is 13.0 Å². The highest BCUT2D eigenvalue weighted by atomic mass is 32.1. The van der Waals surface area contributed by atoms with Crippen molar-refractivity contribution in [2.75, 3.05) is 27.8 Å². The number of hydrogen-bond acceptors (Lipinski definition) is 7. The van der Waals surface area contributed by atoms with Crippen LogP contribution in [0.5, 0.6) is 5.88 Å². The van der Waals surface area contributed by atoms with Crippen molar-refractivity contribution in [2.45, 2.75) is 26.4 Å². The number of H-pyrrole nitrogens is 1. The molecule has 0 atom stereocenters. The molecule has 0 aliphatic rings. The first-order chi connectivity index (χ1) is 16.4. The molecule has 0 unspecified atom stereocenters. The van der Waals surface area contributed by atoms with E-state index in [1.165, 1.54) is 23.5 Å². The summed E-state index contributed by atoms with van der Waals surface area (Å²) in [5, 5.41) is 8.09. The molecule has 3 aromatic heterocycles. The third-order valence-corrected chi connectivity index (χ3v) is 6.70. The number of ether oxygens (including phenoxy) is 2. The van der Waals surface area contributed by atoms with Crippen LogP contribution in [0.1, 0.15) is 33.2 Å². The van der Waals surface area contributed by atoms with Crippen LogP contribution in [0.25, 0.3) is 21.5 Å². The van der Waals surface area contributed by atoms with Crippen LogP contribution in [0.15, 0.2) is 30.3 Å². The largest absolute Gasteiger partial charge is 0.480 e. The Kier molecular flexibility index (Phi) is 7.18. The van der Waals surface area contributed by atoms with Crippen LogP contribution in [-0.4, -0.2) is 58.8 Å². The van der Waals surface area contributed by atoms with Crippen LogP contribution in [0.4, 0.5) is 4.39 Å². The van der Waals surface area contributed by atoms with Gasteiger partial charge < -0.3 is 14.4 Å². The Bertz CT molecular complexity index is 1300. The van der Waals surface area contributed by atoms with Crippen LogP contribution in [0.2, 0.25) is 0 Å². The number of aryl methyl sites for hydroxylation is 2. The van der Waals surface area contributed by atoms with Gasteiger partial charge in [0.2, 0.25) is 5.88 Å². The van der Waals surface area contributed by atoms with Crippen LogP contribution in [0.3, 0.4) is 0 Å². The molecule has 3 heterocycles. The number of nitrogens with zero attached hydrogens (tertiary/aromatic N) is 4. The Balaban J connectivity index is 1.42. The average molecular weight is 484 g/mol. The van der Waals surface area contributed by atoms with Gasteiger partial charge in [0.05, 0.1) is 23.1 Å². The van der Waals surface area contributed by atoms with Gasteiger partial charge in [-0.3, -0.25) is 9.89 Å². The lowest BCUT2D eigenvalue weighted by molar-refractivity contribution is 0.0797. The van der Waals surface area contributed by atoms with Crippen LogP contribution >= 0.6 is 11.3 Å². The Hall–Kier alpha value is -3.37. The van der Waals surface area contributed by atoms with Crippen LogP contribution in [-0.2, 0) is 17.8 Å². The summed E-state index contributed by atoms with van der Waals surface area (Å²) in [7, 11) is 4.93. The molecule has 1 N–H and O–H groups in total. The van der Waals surface area contributed by atoms with Gasteiger partial charge in [0.25, 0.3) is 5.91 Å². The number of halogens is 1. The molecule has 0 fully saturated rings. The van der Waals surface area contributed by atoms with Gasteiger partial charge in [-0.1, -0.05) is 0 Å². The monoisotopic (exact) mass is 483 g/mol. The summed E-state index contributed by atoms with van der Waals surface area (Å²) in [4.78, 5) is 25.1. The summed E-state index contributed by atoms with van der Waals surface area (Å²) in [5.41, 5.74) is 3.39. The Morgan fingerprint density at radius 1 is 1.21 bits per heavy atom. The topological polar surface area (TPSA) is 93.2 Å². The number of aromatic nitrogens is 4. The summed E-state index contributed by atoms with van der Waals surface area (Å²) in [5.74, 6) is 0.623. The summed E-state index contributed by atoms with van der Waals surface area (Å²) in [6.45, 7) is 2.74. The fourth-order valence-electron chi connectivity index (χ4n) is 3.73. The molecule has 34 heavy (non-hydrogen) atoms. The van der Waals surface area contributed by atoms with Gasteiger partial charge in [-0.05, 0) is 55.7 Å². The molecule has 4 aromatic rings. The molecule has 0 radical (unpaired) electrons. The summed E-state index contributed by atoms with van der Waals surface area (Å²) < 4.78 is 23.7. The highest BCUT2D eigenvalue weighted by molar-refractivity contribution is 7.20. The summed E-state index contributed by atoms with van der Waals surface area (Å²) >= 11 is 1.34. The Morgan fingerprint density at radius 3 is 2.68 bits per heavy atom. The van der Waals surface area contributed by atoms with Gasteiger partial charge in [-0.25, -0.2) is 9.37 Å². The smallest absolute Gasteiger partial charge is 0.264 e. The predicted octanol–water partition coefficient (Wildman–Crippen LogP) is 4.39. The van der Waals surface area contributed by atoms with Gasteiger partial charge in [-0.15, -0.1) is 11.3 Å². The van der Waals surface area contributed by atoms with E-state index in [4.69, 9.17) is 9.47 Å². The first-order valence-corrected chi connectivity index (χ1v) is 11.6. The average Bonchev–Trinajstić information content (AvgIpc) is 3.43. The first kappa shape index (κ1) is 23.8. The van der Waals surface area contributed by atoms with Gasteiger partial charge in [-0.2, -0.15) is 10.1 Å². The van der Waals surface area contributed by atoms with E-state index < -0.39 is 0 Å². The molecule has 10 heteroatoms. The maximum Gasteiger partial charge on any atom is 0.264 e. The molecule has 1 amide bonds. The highest BCUT2D eigenvalue weighted by Gasteiger charge is 2.23. The predicted molar refractivity (Wildman–Crippen MR) is 129 cm³/mol. The molecule has 0 aliphatic heterocycles. The highest BCUT2D eigenvalue weighted by Crippen LogP contribution is 2.35. The minimum atomic E-state index is -0.276. The number of amides is 1. The van der Waals surface area contributed by atoms with Crippen molar-refractivity contribution in [3.05, 3.63) is 58.1 Å². The number of hydrogen-bond donors (Lipinski definition) is 1. The Morgan fingerprint density at radius 2 is 1.97 bits per heavy atom.